The number of amides is 4. The first-order valence-corrected chi connectivity index (χ1v) is 10.2. The fraction of sp³-hybridized carbons (Fsp3) is 0.350. The molecule has 0 bridgehead atoms. The topological polar surface area (TPSA) is 81.8 Å². The number of nitrogens with one attached hydrogen (secondary N) is 2. The number of piperidine rings is 1. The largest absolute Gasteiger partial charge is 0.349 e. The molecule has 4 amide bonds. The molecule has 2 N–H and O–H groups in total. The van der Waals surface area contributed by atoms with Gasteiger partial charge in [0, 0.05) is 41.8 Å². The van der Waals surface area contributed by atoms with Crippen LogP contribution in [-0.4, -0.2) is 48.4 Å². The summed E-state index contributed by atoms with van der Waals surface area (Å²) in [5.41, 5.74) is 1.15. The van der Waals surface area contributed by atoms with Crippen molar-refractivity contribution in [3.05, 3.63) is 52.2 Å². The minimum absolute atomic E-state index is 0.00836. The van der Waals surface area contributed by atoms with E-state index in [2.05, 4.69) is 33.0 Å². The molecule has 4 rings (SSSR count). The van der Waals surface area contributed by atoms with Crippen molar-refractivity contribution in [3.63, 3.8) is 0 Å². The number of imide groups is 1. The summed E-state index contributed by atoms with van der Waals surface area (Å²) >= 11 is 1.78. The van der Waals surface area contributed by atoms with Gasteiger partial charge in [-0.3, -0.25) is 24.7 Å². The van der Waals surface area contributed by atoms with E-state index in [1.807, 2.05) is 0 Å². The highest BCUT2D eigenvalue weighted by Crippen LogP contribution is 2.19. The fourth-order valence-electron chi connectivity index (χ4n) is 3.57. The highest BCUT2D eigenvalue weighted by molar-refractivity contribution is 7.09. The molecule has 1 aromatic heterocycles. The molecule has 28 heavy (non-hydrogen) atoms. The summed E-state index contributed by atoms with van der Waals surface area (Å²) in [4.78, 5) is 40.7. The molecule has 146 valence electrons. The monoisotopic (exact) mass is 398 g/mol. The van der Waals surface area contributed by atoms with Crippen molar-refractivity contribution in [1.82, 2.24) is 15.5 Å². The Morgan fingerprint density at radius 3 is 2.50 bits per heavy atom. The molecule has 2 fully saturated rings. The van der Waals surface area contributed by atoms with Gasteiger partial charge < -0.3 is 5.32 Å². The smallest absolute Gasteiger partial charge is 0.329 e. The number of carbonyl (C=O) groups excluding carboxylic acids is 3. The number of urea groups is 1. The molecule has 0 saturated carbocycles. The first-order valence-electron chi connectivity index (χ1n) is 9.35. The summed E-state index contributed by atoms with van der Waals surface area (Å²) in [5.74, 6) is -0.428. The quantitative estimate of drug-likeness (QED) is 0.757. The van der Waals surface area contributed by atoms with Crippen molar-refractivity contribution in [2.45, 2.75) is 25.4 Å². The first-order chi connectivity index (χ1) is 13.6. The minimum atomic E-state index is -0.434. The van der Waals surface area contributed by atoms with Crippen molar-refractivity contribution < 1.29 is 14.4 Å². The molecule has 0 atom stereocenters. The number of hydrogen-bond acceptors (Lipinski definition) is 5. The van der Waals surface area contributed by atoms with E-state index in [9.17, 15) is 14.4 Å². The number of nitrogens with zero attached hydrogens (tertiary/aromatic N) is 2. The standard InChI is InChI=1S/C20H22N4O3S/c25-18-13-24(20(27)22-18)16-5-3-14(4-6-16)19(26)21-15-7-9-23(10-8-15)12-17-2-1-11-28-17/h1-6,11,15H,7-10,12-13H2,(H,21,26)(H,22,25,27). The Balaban J connectivity index is 1.28. The van der Waals surface area contributed by atoms with Gasteiger partial charge in [0.05, 0.1) is 0 Å². The highest BCUT2D eigenvalue weighted by atomic mass is 32.1. The van der Waals surface area contributed by atoms with Gasteiger partial charge in [0.15, 0.2) is 0 Å². The van der Waals surface area contributed by atoms with Crippen LogP contribution in [0.25, 0.3) is 0 Å². The lowest BCUT2D eigenvalue weighted by atomic mass is 10.0. The van der Waals surface area contributed by atoms with E-state index in [-0.39, 0.29) is 24.4 Å². The van der Waals surface area contributed by atoms with E-state index >= 15 is 0 Å². The molecule has 8 heteroatoms. The molecular formula is C20H22N4O3S. The number of likely N-dealkylation sites (tertiary alicyclic amines) is 1. The average molecular weight is 398 g/mol. The van der Waals surface area contributed by atoms with Gasteiger partial charge in [-0.15, -0.1) is 11.3 Å². The van der Waals surface area contributed by atoms with Crippen molar-refractivity contribution in [2.75, 3.05) is 24.5 Å². The number of carbonyl (C=O) groups is 3. The normalized spacial score (nSPS) is 18.4. The van der Waals surface area contributed by atoms with Crippen LogP contribution in [0.15, 0.2) is 41.8 Å². The maximum atomic E-state index is 12.5. The van der Waals surface area contributed by atoms with Crippen molar-refractivity contribution >= 4 is 34.9 Å². The van der Waals surface area contributed by atoms with Crippen LogP contribution in [0.5, 0.6) is 0 Å². The number of benzene rings is 1. The molecule has 2 saturated heterocycles. The van der Waals surface area contributed by atoms with Gasteiger partial charge in [0.1, 0.15) is 6.54 Å². The fourth-order valence-corrected chi connectivity index (χ4v) is 4.32. The highest BCUT2D eigenvalue weighted by Gasteiger charge is 2.28. The summed E-state index contributed by atoms with van der Waals surface area (Å²) in [5, 5.41) is 7.45. The molecule has 2 aliphatic heterocycles. The molecule has 1 aromatic carbocycles. The Morgan fingerprint density at radius 1 is 1.14 bits per heavy atom. The van der Waals surface area contributed by atoms with Gasteiger partial charge in [0.2, 0.25) is 5.91 Å². The summed E-state index contributed by atoms with van der Waals surface area (Å²) in [7, 11) is 0. The summed E-state index contributed by atoms with van der Waals surface area (Å²) in [6, 6.07) is 10.7. The lowest BCUT2D eigenvalue weighted by Gasteiger charge is -2.32. The molecular weight excluding hydrogens is 376 g/mol. The van der Waals surface area contributed by atoms with Crippen LogP contribution in [0.1, 0.15) is 28.1 Å². The van der Waals surface area contributed by atoms with Crippen LogP contribution in [0.3, 0.4) is 0 Å². The Bertz CT molecular complexity index is 858. The van der Waals surface area contributed by atoms with E-state index in [0.29, 0.717) is 11.3 Å². The third kappa shape index (κ3) is 4.23. The summed E-state index contributed by atoms with van der Waals surface area (Å²) in [6.07, 6.45) is 1.87. The number of hydrogen-bond donors (Lipinski definition) is 2. The minimum Gasteiger partial charge on any atom is -0.349 e. The Kier molecular flexibility index (Phi) is 5.40. The van der Waals surface area contributed by atoms with Gasteiger partial charge in [-0.2, -0.15) is 0 Å². The van der Waals surface area contributed by atoms with Crippen LogP contribution in [0, 0.1) is 0 Å². The van der Waals surface area contributed by atoms with Gasteiger partial charge >= 0.3 is 6.03 Å². The van der Waals surface area contributed by atoms with Crippen LogP contribution in [0.4, 0.5) is 10.5 Å². The Morgan fingerprint density at radius 2 is 1.89 bits per heavy atom. The second kappa shape index (κ2) is 8.12. The number of anilines is 1. The van der Waals surface area contributed by atoms with Crippen molar-refractivity contribution in [1.29, 1.82) is 0 Å². The second-order valence-electron chi connectivity index (χ2n) is 7.09. The predicted molar refractivity (Wildman–Crippen MR) is 107 cm³/mol. The van der Waals surface area contributed by atoms with Crippen LogP contribution in [0.2, 0.25) is 0 Å². The lowest BCUT2D eigenvalue weighted by molar-refractivity contribution is -0.117. The molecule has 2 aromatic rings. The van der Waals surface area contributed by atoms with Crippen molar-refractivity contribution in [2.24, 2.45) is 0 Å². The molecule has 0 spiro atoms. The molecule has 7 nitrogen and oxygen atoms in total. The Hall–Kier alpha value is -2.71. The third-order valence-corrected chi connectivity index (χ3v) is 5.98. The molecule has 2 aliphatic rings. The maximum absolute atomic E-state index is 12.5. The first kappa shape index (κ1) is 18.6. The van der Waals surface area contributed by atoms with E-state index in [0.717, 1.165) is 32.5 Å². The van der Waals surface area contributed by atoms with Crippen LogP contribution in [-0.2, 0) is 11.3 Å². The summed E-state index contributed by atoms with van der Waals surface area (Å²) in [6.45, 7) is 2.93. The lowest BCUT2D eigenvalue weighted by Crippen LogP contribution is -2.44. The molecule has 0 radical (unpaired) electrons. The van der Waals surface area contributed by atoms with Gasteiger partial charge in [-0.05, 0) is 48.6 Å². The SMILES string of the molecule is O=C1CN(c2ccc(C(=O)NC3CCN(Cc4cccs4)CC3)cc2)C(=O)N1. The van der Waals surface area contributed by atoms with Crippen molar-refractivity contribution in [3.8, 4) is 0 Å². The molecule has 3 heterocycles. The Labute approximate surface area is 167 Å². The van der Waals surface area contributed by atoms with Gasteiger partial charge in [-0.25, -0.2) is 4.79 Å². The number of rotatable bonds is 5. The predicted octanol–water partition coefficient (Wildman–Crippen LogP) is 2.20. The molecule has 0 unspecified atom stereocenters. The van der Waals surface area contributed by atoms with E-state index in [1.54, 1.807) is 35.6 Å². The van der Waals surface area contributed by atoms with Crippen LogP contribution < -0.4 is 15.5 Å². The van der Waals surface area contributed by atoms with Gasteiger partial charge in [-0.1, -0.05) is 6.07 Å². The zero-order chi connectivity index (χ0) is 19.5. The third-order valence-electron chi connectivity index (χ3n) is 5.12. The van der Waals surface area contributed by atoms with E-state index < -0.39 is 6.03 Å². The zero-order valence-electron chi connectivity index (χ0n) is 15.4. The van der Waals surface area contributed by atoms with E-state index in [1.165, 1.54) is 9.78 Å². The second-order valence-corrected chi connectivity index (χ2v) is 8.12. The van der Waals surface area contributed by atoms with E-state index in [4.69, 9.17) is 0 Å². The zero-order valence-corrected chi connectivity index (χ0v) is 16.2. The average Bonchev–Trinajstić information content (AvgIpc) is 3.32. The molecule has 0 aliphatic carbocycles. The van der Waals surface area contributed by atoms with Crippen LogP contribution >= 0.6 is 11.3 Å². The number of thiophene rings is 1. The maximum Gasteiger partial charge on any atom is 0.329 e. The van der Waals surface area contributed by atoms with Gasteiger partial charge in [0.25, 0.3) is 5.91 Å². The summed E-state index contributed by atoms with van der Waals surface area (Å²) < 4.78 is 0.